The summed E-state index contributed by atoms with van der Waals surface area (Å²) in [7, 11) is 0. The molecule has 25 heavy (non-hydrogen) atoms. The molecule has 0 amide bonds. The molecule has 0 unspecified atom stereocenters. The van der Waals surface area contributed by atoms with Gasteiger partial charge in [0.05, 0.1) is 11.4 Å². The summed E-state index contributed by atoms with van der Waals surface area (Å²) >= 11 is 5.79. The van der Waals surface area contributed by atoms with Gasteiger partial charge in [0.2, 0.25) is 0 Å². The number of nitrogens with zero attached hydrogens (tertiary/aromatic N) is 5. The van der Waals surface area contributed by atoms with Gasteiger partial charge in [0.25, 0.3) is 6.43 Å². The molecule has 0 fully saturated rings. The highest BCUT2D eigenvalue weighted by atomic mass is 35.5. The van der Waals surface area contributed by atoms with E-state index in [1.807, 2.05) is 6.92 Å². The Bertz CT molecular complexity index is 883. The highest BCUT2D eigenvalue weighted by molar-refractivity contribution is 6.31. The first-order valence-corrected chi connectivity index (χ1v) is 7.74. The van der Waals surface area contributed by atoms with Gasteiger partial charge in [0.15, 0.2) is 0 Å². The molecule has 0 bridgehead atoms. The highest BCUT2D eigenvalue weighted by Crippen LogP contribution is 2.29. The second-order valence-electron chi connectivity index (χ2n) is 5.37. The first-order valence-electron chi connectivity index (χ1n) is 7.36. The summed E-state index contributed by atoms with van der Waals surface area (Å²) in [6.45, 7) is 3.76. The average Bonchev–Trinajstić information content (AvgIpc) is 2.95. The Morgan fingerprint density at radius 1 is 1.20 bits per heavy atom. The molecule has 6 nitrogen and oxygen atoms in total. The Morgan fingerprint density at radius 2 is 1.92 bits per heavy atom. The standard InChI is InChI=1S/C16H14ClF2N5O/c1-9-6-20-16(21-7-9)25-8-14-10(2)24(23-22-14)11-3-4-13(17)12(5-11)15(18)19/h3-7,15H,8H2,1-2H3. The summed E-state index contributed by atoms with van der Waals surface area (Å²) in [5, 5.41) is 8.04. The van der Waals surface area contributed by atoms with Crippen molar-refractivity contribution in [3.8, 4) is 11.7 Å². The van der Waals surface area contributed by atoms with Crippen LogP contribution >= 0.6 is 11.6 Å². The van der Waals surface area contributed by atoms with Crippen LogP contribution in [-0.4, -0.2) is 25.0 Å². The second kappa shape index (κ2) is 7.10. The van der Waals surface area contributed by atoms with Crippen LogP contribution in [0.4, 0.5) is 8.78 Å². The Morgan fingerprint density at radius 3 is 2.60 bits per heavy atom. The molecule has 3 rings (SSSR count). The van der Waals surface area contributed by atoms with E-state index in [4.69, 9.17) is 16.3 Å². The summed E-state index contributed by atoms with van der Waals surface area (Å²) in [6.07, 6.45) is 0.620. The van der Waals surface area contributed by atoms with E-state index in [1.165, 1.54) is 16.8 Å². The number of ether oxygens (including phenoxy) is 1. The van der Waals surface area contributed by atoms with Crippen molar-refractivity contribution in [1.29, 1.82) is 0 Å². The molecule has 0 radical (unpaired) electrons. The van der Waals surface area contributed by atoms with Crippen molar-refractivity contribution in [2.24, 2.45) is 0 Å². The molecule has 0 aliphatic rings. The molecule has 0 saturated carbocycles. The zero-order valence-electron chi connectivity index (χ0n) is 13.4. The zero-order chi connectivity index (χ0) is 18.0. The van der Waals surface area contributed by atoms with Crippen LogP contribution in [0, 0.1) is 13.8 Å². The van der Waals surface area contributed by atoms with Crippen LogP contribution in [0.25, 0.3) is 5.69 Å². The molecule has 0 spiro atoms. The number of halogens is 3. The predicted molar refractivity (Wildman–Crippen MR) is 87.2 cm³/mol. The number of benzene rings is 1. The molecule has 0 aliphatic heterocycles. The lowest BCUT2D eigenvalue weighted by molar-refractivity contribution is 0.151. The minimum absolute atomic E-state index is 0.0107. The SMILES string of the molecule is Cc1cnc(OCc2nnn(-c3ccc(Cl)c(C(F)F)c3)c2C)nc1. The van der Waals surface area contributed by atoms with E-state index in [0.717, 1.165) is 5.56 Å². The fourth-order valence-corrected chi connectivity index (χ4v) is 2.36. The van der Waals surface area contributed by atoms with Crippen molar-refractivity contribution in [2.75, 3.05) is 0 Å². The van der Waals surface area contributed by atoms with Gasteiger partial charge in [0, 0.05) is 23.0 Å². The molecular weight excluding hydrogens is 352 g/mol. The van der Waals surface area contributed by atoms with Crippen molar-refractivity contribution in [3.63, 3.8) is 0 Å². The van der Waals surface area contributed by atoms with Crippen molar-refractivity contribution in [2.45, 2.75) is 26.9 Å². The van der Waals surface area contributed by atoms with E-state index in [-0.39, 0.29) is 23.2 Å². The summed E-state index contributed by atoms with van der Waals surface area (Å²) < 4.78 is 32.9. The van der Waals surface area contributed by atoms with Gasteiger partial charge in [-0.1, -0.05) is 16.8 Å². The van der Waals surface area contributed by atoms with E-state index in [0.29, 0.717) is 17.1 Å². The van der Waals surface area contributed by atoms with E-state index in [9.17, 15) is 8.78 Å². The largest absolute Gasteiger partial charge is 0.457 e. The van der Waals surface area contributed by atoms with Crippen LogP contribution in [0.1, 0.15) is 28.9 Å². The van der Waals surface area contributed by atoms with Gasteiger partial charge in [-0.25, -0.2) is 23.4 Å². The maximum Gasteiger partial charge on any atom is 0.316 e. The van der Waals surface area contributed by atoms with E-state index < -0.39 is 6.43 Å². The highest BCUT2D eigenvalue weighted by Gasteiger charge is 2.16. The minimum Gasteiger partial charge on any atom is -0.457 e. The molecule has 130 valence electrons. The number of aryl methyl sites for hydroxylation is 1. The summed E-state index contributed by atoms with van der Waals surface area (Å²) in [6, 6.07) is 4.54. The molecule has 3 aromatic rings. The molecule has 0 N–H and O–H groups in total. The predicted octanol–water partition coefficient (Wildman–Crippen LogP) is 3.84. The van der Waals surface area contributed by atoms with Gasteiger partial charge >= 0.3 is 6.01 Å². The first kappa shape index (κ1) is 17.2. The van der Waals surface area contributed by atoms with Crippen LogP contribution < -0.4 is 4.74 Å². The van der Waals surface area contributed by atoms with E-state index in [1.54, 1.807) is 25.4 Å². The van der Waals surface area contributed by atoms with Gasteiger partial charge in [0.1, 0.15) is 12.3 Å². The molecule has 0 saturated heterocycles. The van der Waals surface area contributed by atoms with E-state index >= 15 is 0 Å². The van der Waals surface area contributed by atoms with Crippen LogP contribution in [0.3, 0.4) is 0 Å². The third-order valence-corrected chi connectivity index (χ3v) is 3.89. The van der Waals surface area contributed by atoms with Crippen LogP contribution in [-0.2, 0) is 6.61 Å². The van der Waals surface area contributed by atoms with Gasteiger partial charge < -0.3 is 4.74 Å². The Labute approximate surface area is 147 Å². The normalized spacial score (nSPS) is 11.1. The minimum atomic E-state index is -2.67. The third kappa shape index (κ3) is 3.74. The van der Waals surface area contributed by atoms with Crippen molar-refractivity contribution in [1.82, 2.24) is 25.0 Å². The lowest BCUT2D eigenvalue weighted by Gasteiger charge is -2.08. The number of hydrogen-bond acceptors (Lipinski definition) is 5. The fraction of sp³-hybridized carbons (Fsp3) is 0.250. The van der Waals surface area contributed by atoms with Crippen LogP contribution in [0.15, 0.2) is 30.6 Å². The van der Waals surface area contributed by atoms with Crippen molar-refractivity contribution >= 4 is 11.6 Å². The molecule has 0 atom stereocenters. The zero-order valence-corrected chi connectivity index (χ0v) is 14.2. The van der Waals surface area contributed by atoms with Gasteiger partial charge in [-0.15, -0.1) is 5.10 Å². The average molecular weight is 366 g/mol. The number of alkyl halides is 2. The van der Waals surface area contributed by atoms with Gasteiger partial charge in [-0.3, -0.25) is 0 Å². The van der Waals surface area contributed by atoms with Crippen LogP contribution in [0.5, 0.6) is 6.01 Å². The Kier molecular flexibility index (Phi) is 4.89. The lowest BCUT2D eigenvalue weighted by Crippen LogP contribution is -2.03. The Balaban J connectivity index is 1.81. The summed E-state index contributed by atoms with van der Waals surface area (Å²) in [5.41, 5.74) is 2.34. The third-order valence-electron chi connectivity index (χ3n) is 3.54. The maximum absolute atomic E-state index is 13.0. The Hall–Kier alpha value is -2.61. The first-order chi connectivity index (χ1) is 12.0. The lowest BCUT2D eigenvalue weighted by atomic mass is 10.2. The molecule has 2 heterocycles. The smallest absolute Gasteiger partial charge is 0.316 e. The number of aromatic nitrogens is 5. The summed E-state index contributed by atoms with van der Waals surface area (Å²) in [4.78, 5) is 8.08. The topological polar surface area (TPSA) is 65.7 Å². The fourth-order valence-electron chi connectivity index (χ4n) is 2.16. The summed E-state index contributed by atoms with van der Waals surface area (Å²) in [5.74, 6) is 0. The molecular formula is C16H14ClF2N5O. The van der Waals surface area contributed by atoms with Crippen LogP contribution in [0.2, 0.25) is 5.02 Å². The quantitative estimate of drug-likeness (QED) is 0.687. The molecule has 2 aromatic heterocycles. The molecule has 0 aliphatic carbocycles. The number of hydrogen-bond donors (Lipinski definition) is 0. The van der Waals surface area contributed by atoms with Crippen molar-refractivity contribution < 1.29 is 13.5 Å². The molecule has 1 aromatic carbocycles. The number of rotatable bonds is 5. The van der Waals surface area contributed by atoms with Gasteiger partial charge in [-0.05, 0) is 37.6 Å². The second-order valence-corrected chi connectivity index (χ2v) is 5.78. The van der Waals surface area contributed by atoms with E-state index in [2.05, 4.69) is 20.3 Å². The monoisotopic (exact) mass is 365 g/mol. The molecule has 9 heteroatoms. The maximum atomic E-state index is 13.0. The van der Waals surface area contributed by atoms with Crippen molar-refractivity contribution in [3.05, 3.63) is 58.1 Å². The van der Waals surface area contributed by atoms with Gasteiger partial charge in [-0.2, -0.15) is 0 Å².